The highest BCUT2D eigenvalue weighted by Gasteiger charge is 2.24. The Balaban J connectivity index is 1.25. The van der Waals surface area contributed by atoms with Crippen molar-refractivity contribution in [1.29, 1.82) is 0 Å². The minimum Gasteiger partial charge on any atom is -0.460 e. The van der Waals surface area contributed by atoms with Gasteiger partial charge in [0.2, 0.25) is 11.9 Å². The third kappa shape index (κ3) is 7.92. The van der Waals surface area contributed by atoms with Crippen molar-refractivity contribution in [3.8, 4) is 6.01 Å². The molecule has 236 valence electrons. The Morgan fingerprint density at radius 1 is 1.09 bits per heavy atom. The van der Waals surface area contributed by atoms with Crippen LogP contribution in [0.15, 0.2) is 42.6 Å². The monoisotopic (exact) mass is 603 g/mol. The Morgan fingerprint density at radius 3 is 2.55 bits per heavy atom. The van der Waals surface area contributed by atoms with Crippen LogP contribution >= 0.6 is 0 Å². The van der Waals surface area contributed by atoms with Gasteiger partial charge in [0.15, 0.2) is 5.65 Å². The summed E-state index contributed by atoms with van der Waals surface area (Å²) in [5, 5.41) is 11.1. The topological polar surface area (TPSA) is 120 Å². The number of likely N-dealkylation sites (tertiary alicyclic amines) is 2. The summed E-state index contributed by atoms with van der Waals surface area (Å²) in [4.78, 5) is 41.3. The fraction of sp³-hybridized carbons (Fsp3) is 0.531. The van der Waals surface area contributed by atoms with Gasteiger partial charge in [-0.1, -0.05) is 26.0 Å². The molecule has 1 aromatic carbocycles. The largest absolute Gasteiger partial charge is 0.460 e. The highest BCUT2D eigenvalue weighted by Crippen LogP contribution is 2.26. The predicted molar refractivity (Wildman–Crippen MR) is 171 cm³/mol. The van der Waals surface area contributed by atoms with E-state index in [1.165, 1.54) is 0 Å². The van der Waals surface area contributed by atoms with Crippen LogP contribution in [-0.4, -0.2) is 112 Å². The van der Waals surface area contributed by atoms with Gasteiger partial charge < -0.3 is 30.1 Å². The van der Waals surface area contributed by atoms with Crippen LogP contribution in [0.25, 0.3) is 5.65 Å². The smallest absolute Gasteiger partial charge is 0.322 e. The molecular formula is C32H45N9O3. The van der Waals surface area contributed by atoms with Crippen molar-refractivity contribution in [2.24, 2.45) is 0 Å². The van der Waals surface area contributed by atoms with E-state index >= 15 is 0 Å². The van der Waals surface area contributed by atoms with Crippen LogP contribution in [0.5, 0.6) is 6.01 Å². The van der Waals surface area contributed by atoms with Crippen molar-refractivity contribution in [2.75, 3.05) is 59.2 Å². The van der Waals surface area contributed by atoms with Crippen molar-refractivity contribution >= 4 is 29.1 Å². The van der Waals surface area contributed by atoms with Crippen LogP contribution in [0.4, 0.5) is 11.6 Å². The normalized spacial score (nSPS) is 17.2. The van der Waals surface area contributed by atoms with Crippen LogP contribution in [0.3, 0.4) is 0 Å². The van der Waals surface area contributed by atoms with E-state index in [0.717, 1.165) is 38.0 Å². The fourth-order valence-corrected chi connectivity index (χ4v) is 5.52. The zero-order chi connectivity index (χ0) is 31.2. The van der Waals surface area contributed by atoms with Crippen LogP contribution in [-0.2, 0) is 4.79 Å². The first-order valence-corrected chi connectivity index (χ1v) is 15.5. The molecule has 2 fully saturated rings. The number of carbonyl (C=O) groups is 2. The average Bonchev–Trinajstić information content (AvgIpc) is 3.43. The van der Waals surface area contributed by atoms with Gasteiger partial charge in [0.1, 0.15) is 6.10 Å². The second kappa shape index (κ2) is 14.2. The van der Waals surface area contributed by atoms with E-state index < -0.39 is 0 Å². The van der Waals surface area contributed by atoms with Gasteiger partial charge in [-0.25, -0.2) is 0 Å². The summed E-state index contributed by atoms with van der Waals surface area (Å²) in [6.45, 7) is 8.12. The van der Waals surface area contributed by atoms with E-state index in [4.69, 9.17) is 14.7 Å². The number of ether oxygens (including phenoxy) is 1. The first-order chi connectivity index (χ1) is 21.2. The number of amides is 2. The number of rotatable bonds is 10. The van der Waals surface area contributed by atoms with Gasteiger partial charge in [-0.2, -0.15) is 19.6 Å². The van der Waals surface area contributed by atoms with Crippen molar-refractivity contribution in [1.82, 2.24) is 39.6 Å². The standard InChI is InChI=1S/C32H45N9O3/c1-22(2)27-21-33-41-29(27)36-32(44-26-13-16-39(5)17-14-26)37-31(41)35-25-9-6-8-23(20-25)30(43)34-24-11-18-40(19-12-24)28(42)10-7-15-38(3)4/h6-10,20-22,24,26H,11-19H2,1-5H3,(H,34,43)(H,35,36,37)/b10-7+. The van der Waals surface area contributed by atoms with Gasteiger partial charge in [0.05, 0.1) is 6.20 Å². The number of fused-ring (bicyclic) bond motifs is 1. The first-order valence-electron chi connectivity index (χ1n) is 15.5. The Kier molecular flexibility index (Phi) is 10.1. The van der Waals surface area contributed by atoms with E-state index in [1.807, 2.05) is 54.4 Å². The summed E-state index contributed by atoms with van der Waals surface area (Å²) in [6.07, 6.45) is 8.67. The third-order valence-corrected chi connectivity index (χ3v) is 8.19. The van der Waals surface area contributed by atoms with Gasteiger partial charge >= 0.3 is 6.01 Å². The van der Waals surface area contributed by atoms with E-state index in [9.17, 15) is 9.59 Å². The number of nitrogens with zero attached hydrogens (tertiary/aromatic N) is 7. The minimum atomic E-state index is -0.149. The molecule has 12 heteroatoms. The van der Waals surface area contributed by atoms with Crippen LogP contribution in [0.2, 0.25) is 0 Å². The maximum atomic E-state index is 13.2. The minimum absolute atomic E-state index is 0.00761. The lowest BCUT2D eigenvalue weighted by molar-refractivity contribution is -0.127. The number of piperidine rings is 2. The molecule has 2 aromatic heterocycles. The number of hydrogen-bond acceptors (Lipinski definition) is 9. The molecule has 0 aliphatic carbocycles. The molecule has 2 N–H and O–H groups in total. The van der Waals surface area contributed by atoms with Gasteiger partial charge in [0, 0.05) is 61.7 Å². The molecule has 0 atom stereocenters. The second-order valence-corrected chi connectivity index (χ2v) is 12.4. The molecule has 0 bridgehead atoms. The van der Waals surface area contributed by atoms with Crippen molar-refractivity contribution in [3.05, 3.63) is 53.7 Å². The number of carbonyl (C=O) groups excluding carboxylic acids is 2. The van der Waals surface area contributed by atoms with Crippen molar-refractivity contribution < 1.29 is 14.3 Å². The molecule has 2 aliphatic heterocycles. The Hall–Kier alpha value is -4.03. The van der Waals surface area contributed by atoms with Crippen molar-refractivity contribution in [2.45, 2.75) is 57.6 Å². The van der Waals surface area contributed by atoms with Crippen molar-refractivity contribution in [3.63, 3.8) is 0 Å². The Morgan fingerprint density at radius 2 is 1.84 bits per heavy atom. The number of hydrogen-bond donors (Lipinski definition) is 2. The summed E-state index contributed by atoms with van der Waals surface area (Å²) in [5.74, 6) is 0.568. The number of anilines is 2. The second-order valence-electron chi connectivity index (χ2n) is 12.4. The summed E-state index contributed by atoms with van der Waals surface area (Å²) in [5.41, 5.74) is 2.95. The van der Waals surface area contributed by atoms with Gasteiger partial charge in [-0.3, -0.25) is 9.59 Å². The lowest BCUT2D eigenvalue weighted by atomic mass is 10.0. The zero-order valence-electron chi connectivity index (χ0n) is 26.5. The summed E-state index contributed by atoms with van der Waals surface area (Å²) < 4.78 is 7.96. The maximum Gasteiger partial charge on any atom is 0.322 e. The highest BCUT2D eigenvalue weighted by atomic mass is 16.5. The lowest BCUT2D eigenvalue weighted by Gasteiger charge is -2.31. The Bertz CT molecular complexity index is 1470. The van der Waals surface area contributed by atoms with E-state index in [1.54, 1.807) is 16.7 Å². The molecule has 2 aliphatic rings. The van der Waals surface area contributed by atoms with Gasteiger partial charge in [-0.05, 0) is 70.9 Å². The van der Waals surface area contributed by atoms with Crippen LogP contribution < -0.4 is 15.4 Å². The molecule has 12 nitrogen and oxygen atoms in total. The van der Waals surface area contributed by atoms with E-state index in [0.29, 0.717) is 54.8 Å². The number of benzene rings is 1. The van der Waals surface area contributed by atoms with E-state index in [-0.39, 0.29) is 29.9 Å². The van der Waals surface area contributed by atoms with Gasteiger partial charge in [0.25, 0.3) is 5.91 Å². The quantitative estimate of drug-likeness (QED) is 0.337. The molecule has 0 spiro atoms. The number of nitrogens with one attached hydrogen (secondary N) is 2. The summed E-state index contributed by atoms with van der Waals surface area (Å²) in [6, 6.07) is 7.67. The molecular weight excluding hydrogens is 558 g/mol. The van der Waals surface area contributed by atoms with E-state index in [2.05, 4.69) is 41.5 Å². The molecule has 4 heterocycles. The molecule has 0 unspecified atom stereocenters. The number of aromatic nitrogens is 4. The predicted octanol–water partition coefficient (Wildman–Crippen LogP) is 3.30. The number of likely N-dealkylation sites (N-methyl/N-ethyl adjacent to an activating group) is 1. The molecule has 0 radical (unpaired) electrons. The first kappa shape index (κ1) is 31.4. The summed E-state index contributed by atoms with van der Waals surface area (Å²) in [7, 11) is 6.05. The third-order valence-electron chi connectivity index (χ3n) is 8.19. The van der Waals surface area contributed by atoms with Gasteiger partial charge in [-0.15, -0.1) is 0 Å². The molecule has 44 heavy (non-hydrogen) atoms. The fourth-order valence-electron chi connectivity index (χ4n) is 5.52. The molecule has 3 aromatic rings. The highest BCUT2D eigenvalue weighted by molar-refractivity contribution is 5.95. The molecule has 2 amide bonds. The maximum absolute atomic E-state index is 13.2. The Labute approximate surface area is 259 Å². The average molecular weight is 604 g/mol. The zero-order valence-corrected chi connectivity index (χ0v) is 26.5. The van der Waals surface area contributed by atoms with Crippen LogP contribution in [0, 0.1) is 0 Å². The molecule has 5 rings (SSSR count). The molecule has 2 saturated heterocycles. The summed E-state index contributed by atoms with van der Waals surface area (Å²) >= 11 is 0. The molecule has 0 saturated carbocycles. The van der Waals surface area contributed by atoms with Crippen LogP contribution in [0.1, 0.15) is 61.4 Å². The SMILES string of the molecule is CC(C)c1cnn2c(Nc3cccc(C(=O)NC4CCN(C(=O)/C=C/CN(C)C)CC4)c3)nc(OC3CCN(C)CC3)nc12. The lowest BCUT2D eigenvalue weighted by Crippen LogP contribution is -2.46.